The third-order valence-electron chi connectivity index (χ3n) is 7.92. The summed E-state index contributed by atoms with van der Waals surface area (Å²) in [6, 6.07) is 15.7. The molecule has 47 heavy (non-hydrogen) atoms. The molecule has 2 heterocycles. The Balaban J connectivity index is 1.39. The smallest absolute Gasteiger partial charge is 0.465 e. The van der Waals surface area contributed by atoms with E-state index in [-0.39, 0.29) is 29.8 Å². The van der Waals surface area contributed by atoms with Crippen molar-refractivity contribution in [1.29, 1.82) is 0 Å². The van der Waals surface area contributed by atoms with Gasteiger partial charge >= 0.3 is 12.5 Å². The Hall–Kier alpha value is -4.67. The average molecular weight is 676 g/mol. The second-order valence-electron chi connectivity index (χ2n) is 11.2. The summed E-state index contributed by atoms with van der Waals surface area (Å²) in [6.45, 7) is 2.53. The van der Waals surface area contributed by atoms with Crippen molar-refractivity contribution in [2.45, 2.75) is 25.4 Å². The van der Waals surface area contributed by atoms with Crippen LogP contribution < -0.4 is 15.4 Å². The van der Waals surface area contributed by atoms with Gasteiger partial charge in [-0.2, -0.15) is 4.31 Å². The van der Waals surface area contributed by atoms with Crippen LogP contribution in [0, 0.1) is 0 Å². The Labute approximate surface area is 268 Å². The summed E-state index contributed by atoms with van der Waals surface area (Å²) in [6.07, 6.45) is -4.98. The molecule has 0 spiro atoms. The highest BCUT2D eigenvalue weighted by atomic mass is 32.2. The van der Waals surface area contributed by atoms with Crippen molar-refractivity contribution in [3.63, 3.8) is 0 Å². The van der Waals surface area contributed by atoms with Gasteiger partial charge < -0.3 is 20.5 Å². The van der Waals surface area contributed by atoms with E-state index in [0.29, 0.717) is 44.0 Å². The van der Waals surface area contributed by atoms with Crippen molar-refractivity contribution in [3.8, 4) is 16.9 Å². The van der Waals surface area contributed by atoms with Crippen molar-refractivity contribution >= 4 is 39.3 Å². The number of carbonyl (C=O) groups is 3. The van der Waals surface area contributed by atoms with Crippen LogP contribution in [0.3, 0.4) is 0 Å². The van der Waals surface area contributed by atoms with Crippen LogP contribution in [-0.4, -0.2) is 96.9 Å². The van der Waals surface area contributed by atoms with Crippen molar-refractivity contribution in [2.24, 2.45) is 0 Å². The van der Waals surface area contributed by atoms with E-state index >= 15 is 0 Å². The number of carboxylic acid groups (broad SMARTS) is 1. The number of sulfonamides is 1. The first kappa shape index (κ1) is 33.7. The number of hydrogen-bond acceptors (Lipinski definition) is 7. The van der Waals surface area contributed by atoms with Gasteiger partial charge in [-0.25, -0.2) is 13.2 Å². The topological polar surface area (TPSA) is 149 Å². The molecule has 12 nitrogen and oxygen atoms in total. The number of amides is 3. The van der Waals surface area contributed by atoms with Crippen LogP contribution in [0.1, 0.15) is 22.3 Å². The number of halogens is 3. The van der Waals surface area contributed by atoms with E-state index in [2.05, 4.69) is 20.3 Å². The molecular weight excluding hydrogens is 643 g/mol. The maximum Gasteiger partial charge on any atom is 0.573 e. The number of ether oxygens (including phenoxy) is 1. The number of alkyl halides is 3. The van der Waals surface area contributed by atoms with Crippen LogP contribution >= 0.6 is 0 Å². The highest BCUT2D eigenvalue weighted by Gasteiger charge is 2.38. The van der Waals surface area contributed by atoms with Gasteiger partial charge in [0.25, 0.3) is 5.91 Å². The molecule has 2 saturated heterocycles. The van der Waals surface area contributed by atoms with Crippen molar-refractivity contribution in [3.05, 3.63) is 77.9 Å². The summed E-state index contributed by atoms with van der Waals surface area (Å²) < 4.78 is 69.8. The Bertz CT molecular complexity index is 1750. The lowest BCUT2D eigenvalue weighted by molar-refractivity contribution is -0.274. The minimum Gasteiger partial charge on any atom is -0.465 e. The van der Waals surface area contributed by atoms with E-state index in [1.165, 1.54) is 28.8 Å². The molecule has 2 aliphatic heterocycles. The molecule has 3 N–H and O–H groups in total. The molecule has 3 aromatic carbocycles. The fourth-order valence-corrected chi connectivity index (χ4v) is 6.22. The Morgan fingerprint density at radius 2 is 1.60 bits per heavy atom. The van der Waals surface area contributed by atoms with Gasteiger partial charge in [0.1, 0.15) is 11.8 Å². The standard InChI is InChI=1S/C31H32F3N5O7S/c1-47(44,45)38-15-13-37(14-16-38)19-20-7-9-22(10-8-20)35-28(40)24-18-27(46-31(32,33)34)23(21-5-3-2-4-6-21)17-25(24)36-29(41)26-11-12-39(26)30(42)43/h2-10,17-18,26H,11-16,19H2,1H3,(H,35,40)(H,36,41)(H,42,43)/t26-/m0/s1. The molecule has 16 heteroatoms. The number of benzene rings is 3. The summed E-state index contributed by atoms with van der Waals surface area (Å²) >= 11 is 0. The lowest BCUT2D eigenvalue weighted by Gasteiger charge is -2.37. The quantitative estimate of drug-likeness (QED) is 0.305. The molecule has 0 radical (unpaired) electrons. The number of anilines is 2. The average Bonchev–Trinajstić information content (AvgIpc) is 2.97. The first-order valence-corrected chi connectivity index (χ1v) is 16.4. The second kappa shape index (κ2) is 13.6. The molecule has 0 saturated carbocycles. The third kappa shape index (κ3) is 8.38. The van der Waals surface area contributed by atoms with E-state index in [1.54, 1.807) is 42.5 Å². The number of piperazine rings is 1. The summed E-state index contributed by atoms with van der Waals surface area (Å²) in [4.78, 5) is 41.1. The van der Waals surface area contributed by atoms with Crippen LogP contribution in [0.4, 0.5) is 29.3 Å². The van der Waals surface area contributed by atoms with Crippen LogP contribution in [0.2, 0.25) is 0 Å². The summed E-state index contributed by atoms with van der Waals surface area (Å²) in [5.74, 6) is -2.26. The van der Waals surface area contributed by atoms with Crippen LogP contribution in [0.15, 0.2) is 66.7 Å². The lowest BCUT2D eigenvalue weighted by atomic mass is 9.99. The minimum atomic E-state index is -5.09. The van der Waals surface area contributed by atoms with Gasteiger partial charge in [-0.05, 0) is 41.8 Å². The number of hydrogen-bond donors (Lipinski definition) is 3. The Kier molecular flexibility index (Phi) is 9.74. The zero-order valence-corrected chi connectivity index (χ0v) is 26.0. The Morgan fingerprint density at radius 3 is 2.15 bits per heavy atom. The minimum absolute atomic E-state index is 0.0554. The number of rotatable bonds is 9. The van der Waals surface area contributed by atoms with E-state index in [4.69, 9.17) is 0 Å². The van der Waals surface area contributed by atoms with Gasteiger partial charge in [0, 0.05) is 50.5 Å². The van der Waals surface area contributed by atoms with Gasteiger partial charge in [0.05, 0.1) is 17.5 Å². The maximum absolute atomic E-state index is 13.6. The predicted molar refractivity (Wildman–Crippen MR) is 166 cm³/mol. The first-order valence-electron chi connectivity index (χ1n) is 14.6. The highest BCUT2D eigenvalue weighted by Crippen LogP contribution is 2.39. The van der Waals surface area contributed by atoms with E-state index in [0.717, 1.165) is 16.5 Å². The number of nitrogens with zero attached hydrogens (tertiary/aromatic N) is 3. The maximum atomic E-state index is 13.6. The number of nitrogens with one attached hydrogen (secondary N) is 2. The van der Waals surface area contributed by atoms with Gasteiger partial charge in [0.2, 0.25) is 15.9 Å². The van der Waals surface area contributed by atoms with Crippen molar-refractivity contribution < 1.29 is 45.8 Å². The Morgan fingerprint density at radius 1 is 0.936 bits per heavy atom. The monoisotopic (exact) mass is 675 g/mol. The van der Waals surface area contributed by atoms with Gasteiger partial charge in [-0.1, -0.05) is 42.5 Å². The first-order chi connectivity index (χ1) is 22.2. The molecule has 3 amide bonds. The fourth-order valence-electron chi connectivity index (χ4n) is 5.40. The molecule has 0 bridgehead atoms. The summed E-state index contributed by atoms with van der Waals surface area (Å²) in [5, 5.41) is 14.5. The number of likely N-dealkylation sites (tertiary alicyclic amines) is 1. The molecule has 250 valence electrons. The molecule has 2 aliphatic rings. The van der Waals surface area contributed by atoms with E-state index in [9.17, 15) is 41.1 Å². The second-order valence-corrected chi connectivity index (χ2v) is 13.1. The zero-order chi connectivity index (χ0) is 33.9. The van der Waals surface area contributed by atoms with Crippen LogP contribution in [0.5, 0.6) is 5.75 Å². The number of carbonyl (C=O) groups excluding carboxylic acids is 2. The van der Waals surface area contributed by atoms with Crippen LogP contribution in [-0.2, 0) is 21.4 Å². The molecule has 5 rings (SSSR count). The normalized spacial score (nSPS) is 17.4. The zero-order valence-electron chi connectivity index (χ0n) is 25.2. The summed E-state index contributed by atoms with van der Waals surface area (Å²) in [5.41, 5.74) is 0.993. The fraction of sp³-hybridized carbons (Fsp3) is 0.323. The molecule has 0 aliphatic carbocycles. The van der Waals surface area contributed by atoms with E-state index in [1.807, 2.05) is 0 Å². The van der Waals surface area contributed by atoms with Crippen molar-refractivity contribution in [2.75, 3.05) is 49.6 Å². The van der Waals surface area contributed by atoms with Gasteiger partial charge in [-0.15, -0.1) is 13.2 Å². The van der Waals surface area contributed by atoms with Crippen molar-refractivity contribution in [1.82, 2.24) is 14.1 Å². The van der Waals surface area contributed by atoms with E-state index < -0.39 is 46.1 Å². The molecule has 2 fully saturated rings. The summed E-state index contributed by atoms with van der Waals surface area (Å²) in [7, 11) is -3.26. The van der Waals surface area contributed by atoms with Gasteiger partial charge in [-0.3, -0.25) is 19.4 Å². The molecule has 0 unspecified atom stereocenters. The third-order valence-corrected chi connectivity index (χ3v) is 9.22. The SMILES string of the molecule is CS(=O)(=O)N1CCN(Cc2ccc(NC(=O)c3cc(OC(F)(F)F)c(-c4ccccc4)cc3NC(=O)[C@@H]3CCN3C(=O)O)cc2)CC1. The molecule has 3 aromatic rings. The predicted octanol–water partition coefficient (Wildman–Crippen LogP) is 4.27. The molecule has 0 aromatic heterocycles. The van der Waals surface area contributed by atoms with Crippen LogP contribution in [0.25, 0.3) is 11.1 Å². The largest absolute Gasteiger partial charge is 0.573 e. The lowest BCUT2D eigenvalue weighted by Crippen LogP contribution is -2.56. The highest BCUT2D eigenvalue weighted by molar-refractivity contribution is 7.88. The molecule has 1 atom stereocenters. The molecular formula is C31H32F3N5O7S. The van der Waals surface area contributed by atoms with Gasteiger partial charge in [0.15, 0.2) is 0 Å².